The number of halogens is 1. The first kappa shape index (κ1) is 21.4. The van der Waals surface area contributed by atoms with Crippen LogP contribution in [-0.4, -0.2) is 52.5 Å². The van der Waals surface area contributed by atoms with E-state index < -0.39 is 0 Å². The second kappa shape index (κ2) is 10.0. The molecule has 2 aliphatic heterocycles. The quantitative estimate of drug-likeness (QED) is 0.682. The summed E-state index contributed by atoms with van der Waals surface area (Å²) in [5.74, 6) is 2.55. The number of anilines is 1. The third kappa shape index (κ3) is 5.47. The average Bonchev–Trinajstić information content (AvgIpc) is 3.27. The highest BCUT2D eigenvalue weighted by Gasteiger charge is 2.23. The SMILES string of the molecule is COc1cccc(N2CCC(CNC(=O)NCCc3cc(Cl)c4c(c3)OCCO4)C2)c1. The van der Waals surface area contributed by atoms with Gasteiger partial charge < -0.3 is 29.7 Å². The molecule has 0 bridgehead atoms. The van der Waals surface area contributed by atoms with Crippen LogP contribution in [0.5, 0.6) is 17.2 Å². The molecule has 2 heterocycles. The molecule has 2 aliphatic rings. The Kier molecular flexibility index (Phi) is 6.92. The number of benzene rings is 2. The van der Waals surface area contributed by atoms with E-state index >= 15 is 0 Å². The van der Waals surface area contributed by atoms with Crippen LogP contribution < -0.4 is 29.7 Å². The van der Waals surface area contributed by atoms with Crippen molar-refractivity contribution in [3.63, 3.8) is 0 Å². The number of urea groups is 1. The summed E-state index contributed by atoms with van der Waals surface area (Å²) in [6.45, 7) is 4.09. The molecule has 2 aromatic rings. The summed E-state index contributed by atoms with van der Waals surface area (Å²) in [5.41, 5.74) is 2.16. The number of nitrogens with one attached hydrogen (secondary N) is 2. The van der Waals surface area contributed by atoms with Gasteiger partial charge in [0, 0.05) is 37.9 Å². The molecule has 31 heavy (non-hydrogen) atoms. The van der Waals surface area contributed by atoms with Gasteiger partial charge >= 0.3 is 6.03 Å². The number of rotatable bonds is 7. The molecule has 1 saturated heterocycles. The summed E-state index contributed by atoms with van der Waals surface area (Å²) in [6, 6.07) is 11.7. The first-order valence-corrected chi connectivity index (χ1v) is 11.0. The zero-order chi connectivity index (χ0) is 21.6. The molecule has 0 saturated carbocycles. The Morgan fingerprint density at radius 1 is 1.23 bits per heavy atom. The van der Waals surface area contributed by atoms with Crippen molar-refractivity contribution in [2.24, 2.45) is 5.92 Å². The minimum absolute atomic E-state index is 0.150. The van der Waals surface area contributed by atoms with E-state index in [0.29, 0.717) is 55.2 Å². The fourth-order valence-electron chi connectivity index (χ4n) is 3.97. The summed E-state index contributed by atoms with van der Waals surface area (Å²) in [5, 5.41) is 6.45. The molecule has 1 fully saturated rings. The van der Waals surface area contributed by atoms with Gasteiger partial charge in [0.05, 0.1) is 12.1 Å². The molecule has 0 aromatic heterocycles. The first-order valence-electron chi connectivity index (χ1n) is 10.6. The van der Waals surface area contributed by atoms with Crippen LogP contribution in [0.15, 0.2) is 36.4 Å². The molecular weight excluding hydrogens is 418 g/mol. The number of ether oxygens (including phenoxy) is 3. The van der Waals surface area contributed by atoms with Crippen molar-refractivity contribution in [2.75, 3.05) is 51.4 Å². The van der Waals surface area contributed by atoms with Crippen molar-refractivity contribution in [3.05, 3.63) is 47.0 Å². The van der Waals surface area contributed by atoms with Gasteiger partial charge in [0.1, 0.15) is 19.0 Å². The van der Waals surface area contributed by atoms with Gasteiger partial charge in [0.15, 0.2) is 11.5 Å². The van der Waals surface area contributed by atoms with Crippen LogP contribution in [0.2, 0.25) is 5.02 Å². The molecular formula is C23H28ClN3O4. The van der Waals surface area contributed by atoms with E-state index in [1.165, 1.54) is 0 Å². The maximum Gasteiger partial charge on any atom is 0.314 e. The predicted octanol–water partition coefficient (Wildman–Crippen LogP) is 3.49. The lowest BCUT2D eigenvalue weighted by atomic mass is 10.1. The van der Waals surface area contributed by atoms with Crippen LogP contribution in [0, 0.1) is 5.92 Å². The maximum atomic E-state index is 12.2. The minimum atomic E-state index is -0.150. The van der Waals surface area contributed by atoms with Crippen molar-refractivity contribution < 1.29 is 19.0 Å². The number of carbonyl (C=O) groups excluding carboxylic acids is 1. The van der Waals surface area contributed by atoms with Gasteiger partial charge in [-0.25, -0.2) is 4.79 Å². The zero-order valence-electron chi connectivity index (χ0n) is 17.7. The van der Waals surface area contributed by atoms with E-state index in [0.717, 1.165) is 36.5 Å². The summed E-state index contributed by atoms with van der Waals surface area (Å²) < 4.78 is 16.4. The molecule has 2 aromatic carbocycles. The molecule has 1 atom stereocenters. The topological polar surface area (TPSA) is 72.1 Å². The molecule has 8 heteroatoms. The predicted molar refractivity (Wildman–Crippen MR) is 121 cm³/mol. The Hall–Kier alpha value is -2.80. The summed E-state index contributed by atoms with van der Waals surface area (Å²) in [7, 11) is 1.68. The van der Waals surface area contributed by atoms with Gasteiger partial charge in [-0.15, -0.1) is 0 Å². The van der Waals surface area contributed by atoms with E-state index in [-0.39, 0.29) is 6.03 Å². The summed E-state index contributed by atoms with van der Waals surface area (Å²) >= 11 is 6.27. The van der Waals surface area contributed by atoms with Gasteiger partial charge in [-0.05, 0) is 48.6 Å². The second-order valence-corrected chi connectivity index (χ2v) is 8.20. The number of carbonyl (C=O) groups is 1. The minimum Gasteiger partial charge on any atom is -0.497 e. The lowest BCUT2D eigenvalue weighted by Crippen LogP contribution is -2.39. The number of methoxy groups -OCH3 is 1. The lowest BCUT2D eigenvalue weighted by Gasteiger charge is -2.20. The fraction of sp³-hybridized carbons (Fsp3) is 0.435. The van der Waals surface area contributed by atoms with E-state index in [1.54, 1.807) is 7.11 Å². The van der Waals surface area contributed by atoms with Crippen LogP contribution in [0.1, 0.15) is 12.0 Å². The first-order chi connectivity index (χ1) is 15.1. The molecule has 2 amide bonds. The van der Waals surface area contributed by atoms with Gasteiger partial charge in [-0.1, -0.05) is 17.7 Å². The standard InChI is InChI=1S/C23H28ClN3O4/c1-29-19-4-2-3-18(13-19)27-8-6-17(15-27)14-26-23(28)25-7-5-16-11-20(24)22-21(12-16)30-9-10-31-22/h2-4,11-13,17H,5-10,14-15H2,1H3,(H2,25,26,28). The third-order valence-corrected chi connectivity index (χ3v) is 5.89. The Morgan fingerprint density at radius 2 is 2.10 bits per heavy atom. The number of amides is 2. The molecule has 0 aliphatic carbocycles. The Labute approximate surface area is 187 Å². The van der Waals surface area contributed by atoms with Crippen LogP contribution in [0.25, 0.3) is 0 Å². The van der Waals surface area contributed by atoms with Crippen molar-refractivity contribution >= 4 is 23.3 Å². The molecule has 166 valence electrons. The van der Waals surface area contributed by atoms with Crippen LogP contribution in [0.3, 0.4) is 0 Å². The van der Waals surface area contributed by atoms with Crippen molar-refractivity contribution in [1.29, 1.82) is 0 Å². The van der Waals surface area contributed by atoms with E-state index in [2.05, 4.69) is 21.6 Å². The van der Waals surface area contributed by atoms with E-state index in [1.807, 2.05) is 30.3 Å². The van der Waals surface area contributed by atoms with Crippen LogP contribution in [0.4, 0.5) is 10.5 Å². The Morgan fingerprint density at radius 3 is 2.97 bits per heavy atom. The largest absolute Gasteiger partial charge is 0.497 e. The van der Waals surface area contributed by atoms with Crippen LogP contribution in [-0.2, 0) is 6.42 Å². The molecule has 1 unspecified atom stereocenters. The highest BCUT2D eigenvalue weighted by molar-refractivity contribution is 6.32. The monoisotopic (exact) mass is 445 g/mol. The smallest absolute Gasteiger partial charge is 0.314 e. The fourth-order valence-corrected chi connectivity index (χ4v) is 4.26. The van der Waals surface area contributed by atoms with Crippen LogP contribution >= 0.6 is 11.6 Å². The molecule has 0 radical (unpaired) electrons. The van der Waals surface area contributed by atoms with Gasteiger partial charge in [-0.3, -0.25) is 0 Å². The average molecular weight is 446 g/mol. The van der Waals surface area contributed by atoms with E-state index in [9.17, 15) is 4.79 Å². The van der Waals surface area contributed by atoms with Crippen molar-refractivity contribution in [3.8, 4) is 17.2 Å². The maximum absolute atomic E-state index is 12.2. The molecule has 0 spiro atoms. The normalized spacial score (nSPS) is 17.4. The van der Waals surface area contributed by atoms with Gasteiger partial charge in [-0.2, -0.15) is 0 Å². The van der Waals surface area contributed by atoms with E-state index in [4.69, 9.17) is 25.8 Å². The molecule has 2 N–H and O–H groups in total. The molecule has 7 nitrogen and oxygen atoms in total. The Bertz CT molecular complexity index is 924. The third-order valence-electron chi connectivity index (χ3n) is 5.61. The highest BCUT2D eigenvalue weighted by atomic mass is 35.5. The van der Waals surface area contributed by atoms with Crippen molar-refractivity contribution in [2.45, 2.75) is 12.8 Å². The Balaban J connectivity index is 1.18. The summed E-state index contributed by atoms with van der Waals surface area (Å²) in [6.07, 6.45) is 1.71. The van der Waals surface area contributed by atoms with Gasteiger partial charge in [0.25, 0.3) is 0 Å². The lowest BCUT2D eigenvalue weighted by molar-refractivity contribution is 0.171. The van der Waals surface area contributed by atoms with Crippen molar-refractivity contribution in [1.82, 2.24) is 10.6 Å². The number of nitrogens with zero attached hydrogens (tertiary/aromatic N) is 1. The second-order valence-electron chi connectivity index (χ2n) is 7.79. The summed E-state index contributed by atoms with van der Waals surface area (Å²) in [4.78, 5) is 14.5. The number of hydrogen-bond donors (Lipinski definition) is 2. The highest BCUT2D eigenvalue weighted by Crippen LogP contribution is 2.38. The number of fused-ring (bicyclic) bond motifs is 1. The molecule has 4 rings (SSSR count). The number of hydrogen-bond acceptors (Lipinski definition) is 5. The van der Waals surface area contributed by atoms with Gasteiger partial charge in [0.2, 0.25) is 0 Å². The zero-order valence-corrected chi connectivity index (χ0v) is 18.4.